The number of aromatic hydroxyl groups is 2. The first-order valence-electron chi connectivity index (χ1n) is 5.54. The molecule has 0 aliphatic rings. The third-order valence-electron chi connectivity index (χ3n) is 2.52. The van der Waals surface area contributed by atoms with E-state index in [-0.39, 0.29) is 30.4 Å². The zero-order chi connectivity index (χ0) is 13.7. The van der Waals surface area contributed by atoms with Gasteiger partial charge in [0.05, 0.1) is 6.10 Å². The Morgan fingerprint density at radius 3 is 2.50 bits per heavy atom. The molecule has 0 aromatic heterocycles. The van der Waals surface area contributed by atoms with E-state index in [4.69, 9.17) is 5.11 Å². The highest BCUT2D eigenvalue weighted by Crippen LogP contribution is 2.29. The van der Waals surface area contributed by atoms with Crippen molar-refractivity contribution >= 4 is 5.91 Å². The molecular formula is C12H17NO5. The maximum absolute atomic E-state index is 10.6. The van der Waals surface area contributed by atoms with E-state index in [9.17, 15) is 20.1 Å². The summed E-state index contributed by atoms with van der Waals surface area (Å²) in [5.41, 5.74) is 0.292. The first-order chi connectivity index (χ1) is 8.41. The smallest absolute Gasteiger partial charge is 0.216 e. The highest BCUT2D eigenvalue weighted by Gasteiger charge is 2.19. The molecule has 0 saturated heterocycles. The van der Waals surface area contributed by atoms with Crippen LogP contribution < -0.4 is 5.32 Å². The van der Waals surface area contributed by atoms with Crippen LogP contribution in [0.15, 0.2) is 18.2 Å². The van der Waals surface area contributed by atoms with Gasteiger partial charge in [0.25, 0.3) is 0 Å². The molecule has 0 aliphatic heterocycles. The van der Waals surface area contributed by atoms with Crippen LogP contribution in [0.4, 0.5) is 0 Å². The fourth-order valence-corrected chi connectivity index (χ4v) is 1.50. The van der Waals surface area contributed by atoms with Crippen LogP contribution in [0.25, 0.3) is 0 Å². The number of hydrogen-bond acceptors (Lipinski definition) is 5. The number of nitrogens with one attached hydrogen (secondary N) is 1. The van der Waals surface area contributed by atoms with Crippen molar-refractivity contribution in [2.45, 2.75) is 25.6 Å². The average Bonchev–Trinajstić information content (AvgIpc) is 2.31. The number of carbonyl (C=O) groups is 1. The van der Waals surface area contributed by atoms with Gasteiger partial charge in [-0.3, -0.25) is 4.79 Å². The SMILES string of the molecule is CC(=O)NCCC(O)C(O)c1ccc(O)c(O)c1. The number of phenolic OH excluding ortho intramolecular Hbond substituents is 2. The summed E-state index contributed by atoms with van der Waals surface area (Å²) in [5.74, 6) is -0.863. The molecule has 0 radical (unpaired) electrons. The van der Waals surface area contributed by atoms with E-state index < -0.39 is 12.2 Å². The Kier molecular flexibility index (Phi) is 4.94. The van der Waals surface area contributed by atoms with Gasteiger partial charge in [-0.05, 0) is 24.1 Å². The second-order valence-electron chi connectivity index (χ2n) is 4.03. The molecule has 0 saturated carbocycles. The van der Waals surface area contributed by atoms with Gasteiger partial charge in [-0.1, -0.05) is 6.07 Å². The zero-order valence-corrected chi connectivity index (χ0v) is 10.00. The monoisotopic (exact) mass is 255 g/mol. The second-order valence-corrected chi connectivity index (χ2v) is 4.03. The minimum atomic E-state index is -1.19. The lowest BCUT2D eigenvalue weighted by atomic mass is 10.0. The fraction of sp³-hybridized carbons (Fsp3) is 0.417. The summed E-state index contributed by atoms with van der Waals surface area (Å²) in [6, 6.07) is 3.82. The van der Waals surface area contributed by atoms with Crippen LogP contribution in [0.3, 0.4) is 0 Å². The van der Waals surface area contributed by atoms with Crippen molar-refractivity contribution in [1.82, 2.24) is 5.32 Å². The van der Waals surface area contributed by atoms with Gasteiger partial charge in [0.2, 0.25) is 5.91 Å². The molecule has 2 unspecified atom stereocenters. The van der Waals surface area contributed by atoms with Crippen LogP contribution in [-0.4, -0.2) is 39.0 Å². The predicted molar refractivity (Wildman–Crippen MR) is 64.0 cm³/mol. The lowest BCUT2D eigenvalue weighted by Gasteiger charge is -2.18. The van der Waals surface area contributed by atoms with Crippen LogP contribution >= 0.6 is 0 Å². The summed E-state index contributed by atoms with van der Waals surface area (Å²) in [7, 11) is 0. The Morgan fingerprint density at radius 1 is 1.28 bits per heavy atom. The van der Waals surface area contributed by atoms with E-state index in [1.165, 1.54) is 25.1 Å². The molecule has 1 aromatic carbocycles. The van der Waals surface area contributed by atoms with Crippen molar-refractivity contribution in [1.29, 1.82) is 0 Å². The van der Waals surface area contributed by atoms with Crippen LogP contribution in [0.5, 0.6) is 11.5 Å². The molecule has 2 atom stereocenters. The quantitative estimate of drug-likeness (QED) is 0.476. The maximum Gasteiger partial charge on any atom is 0.216 e. The molecule has 100 valence electrons. The fourth-order valence-electron chi connectivity index (χ4n) is 1.50. The van der Waals surface area contributed by atoms with Gasteiger partial charge < -0.3 is 25.7 Å². The van der Waals surface area contributed by atoms with Crippen molar-refractivity contribution in [2.24, 2.45) is 0 Å². The van der Waals surface area contributed by atoms with Crippen molar-refractivity contribution in [3.63, 3.8) is 0 Å². The molecule has 18 heavy (non-hydrogen) atoms. The van der Waals surface area contributed by atoms with Gasteiger partial charge >= 0.3 is 0 Å². The lowest BCUT2D eigenvalue weighted by Crippen LogP contribution is -2.27. The normalized spacial score (nSPS) is 13.9. The van der Waals surface area contributed by atoms with Gasteiger partial charge in [-0.15, -0.1) is 0 Å². The Labute approximate surface area is 105 Å². The molecule has 6 nitrogen and oxygen atoms in total. The van der Waals surface area contributed by atoms with Crippen molar-refractivity contribution in [2.75, 3.05) is 6.54 Å². The number of rotatable bonds is 5. The van der Waals surface area contributed by atoms with E-state index in [0.29, 0.717) is 5.56 Å². The van der Waals surface area contributed by atoms with Gasteiger partial charge in [0, 0.05) is 13.5 Å². The first-order valence-corrected chi connectivity index (χ1v) is 5.54. The summed E-state index contributed by atoms with van der Waals surface area (Å²) in [6.45, 7) is 1.61. The molecule has 6 heteroatoms. The van der Waals surface area contributed by atoms with Crippen LogP contribution in [-0.2, 0) is 4.79 Å². The van der Waals surface area contributed by atoms with E-state index in [2.05, 4.69) is 5.32 Å². The molecule has 1 rings (SSSR count). The number of amides is 1. The van der Waals surface area contributed by atoms with Crippen LogP contribution in [0.1, 0.15) is 25.0 Å². The Bertz CT molecular complexity index is 421. The van der Waals surface area contributed by atoms with E-state index in [1.54, 1.807) is 0 Å². The maximum atomic E-state index is 10.6. The van der Waals surface area contributed by atoms with Crippen LogP contribution in [0.2, 0.25) is 0 Å². The Balaban J connectivity index is 2.59. The molecule has 0 fully saturated rings. The highest BCUT2D eigenvalue weighted by molar-refractivity contribution is 5.72. The van der Waals surface area contributed by atoms with Gasteiger partial charge in [-0.25, -0.2) is 0 Å². The number of phenols is 2. The average molecular weight is 255 g/mol. The number of hydrogen-bond donors (Lipinski definition) is 5. The van der Waals surface area contributed by atoms with E-state index in [0.717, 1.165) is 0 Å². The van der Waals surface area contributed by atoms with E-state index in [1.807, 2.05) is 0 Å². The first kappa shape index (κ1) is 14.3. The lowest BCUT2D eigenvalue weighted by molar-refractivity contribution is -0.119. The molecule has 1 aromatic rings. The molecule has 0 bridgehead atoms. The molecule has 5 N–H and O–H groups in total. The molecule has 0 spiro atoms. The largest absolute Gasteiger partial charge is 0.504 e. The standard InChI is InChI=1S/C12H17NO5/c1-7(14)13-5-4-10(16)12(18)8-2-3-9(15)11(17)6-8/h2-3,6,10,12,15-18H,4-5H2,1H3,(H,13,14). The van der Waals surface area contributed by atoms with Crippen LogP contribution in [0, 0.1) is 0 Å². The summed E-state index contributed by atoms with van der Waals surface area (Å²) in [6.07, 6.45) is -2.08. The topological polar surface area (TPSA) is 110 Å². The summed E-state index contributed by atoms with van der Waals surface area (Å²) >= 11 is 0. The van der Waals surface area contributed by atoms with Crippen molar-refractivity contribution in [3.05, 3.63) is 23.8 Å². The number of aliphatic hydroxyl groups is 2. The van der Waals surface area contributed by atoms with Gasteiger partial charge in [0.15, 0.2) is 11.5 Å². The molecule has 0 aliphatic carbocycles. The number of carbonyl (C=O) groups excluding carboxylic acids is 1. The summed E-state index contributed by atoms with van der Waals surface area (Å²) in [5, 5.41) is 40.4. The Hall–Kier alpha value is -1.79. The molecular weight excluding hydrogens is 238 g/mol. The number of aliphatic hydroxyl groups excluding tert-OH is 2. The summed E-state index contributed by atoms with van der Waals surface area (Å²) in [4.78, 5) is 10.6. The van der Waals surface area contributed by atoms with Gasteiger partial charge in [-0.2, -0.15) is 0 Å². The predicted octanol–water partition coefficient (Wildman–Crippen LogP) is 0.0183. The van der Waals surface area contributed by atoms with Gasteiger partial charge in [0.1, 0.15) is 6.10 Å². The van der Waals surface area contributed by atoms with Crippen molar-refractivity contribution in [3.8, 4) is 11.5 Å². The minimum Gasteiger partial charge on any atom is -0.504 e. The summed E-state index contributed by atoms with van der Waals surface area (Å²) < 4.78 is 0. The third-order valence-corrected chi connectivity index (χ3v) is 2.52. The van der Waals surface area contributed by atoms with E-state index >= 15 is 0 Å². The zero-order valence-electron chi connectivity index (χ0n) is 10.00. The second kappa shape index (κ2) is 6.23. The van der Waals surface area contributed by atoms with Crippen molar-refractivity contribution < 1.29 is 25.2 Å². The Morgan fingerprint density at radius 2 is 1.94 bits per heavy atom. The number of benzene rings is 1. The molecule has 1 amide bonds. The third kappa shape index (κ3) is 3.90. The minimum absolute atomic E-state index is 0.183. The highest BCUT2D eigenvalue weighted by atomic mass is 16.3. The molecule has 0 heterocycles.